The summed E-state index contributed by atoms with van der Waals surface area (Å²) in [4.78, 5) is 11.4. The van der Waals surface area contributed by atoms with Gasteiger partial charge < -0.3 is 5.32 Å². The molecule has 0 fully saturated rings. The third kappa shape index (κ3) is 2.45. The number of nitrogens with zero attached hydrogens (tertiary/aromatic N) is 1. The maximum Gasteiger partial charge on any atom is 0.331 e. The van der Waals surface area contributed by atoms with Crippen molar-refractivity contribution in [3.05, 3.63) is 29.3 Å². The molecule has 1 N–H and O–H groups in total. The molecular formula is C11H16N2OS. The highest BCUT2D eigenvalue weighted by molar-refractivity contribution is 7.82. The van der Waals surface area contributed by atoms with E-state index < -0.39 is 0 Å². The molecule has 4 heteroatoms. The molecule has 0 spiro atoms. The fourth-order valence-electron chi connectivity index (χ4n) is 1.50. The molecule has 82 valence electrons. The molecule has 0 radical (unpaired) electrons. The maximum atomic E-state index is 11.4. The third-order valence-electron chi connectivity index (χ3n) is 2.43. The number of amides is 2. The van der Waals surface area contributed by atoms with Crippen LogP contribution < -0.4 is 9.62 Å². The monoisotopic (exact) mass is 224 g/mol. The normalized spacial score (nSPS) is 9.87. The lowest BCUT2D eigenvalue weighted by atomic mass is 10.0. The van der Waals surface area contributed by atoms with Crippen molar-refractivity contribution < 1.29 is 4.79 Å². The van der Waals surface area contributed by atoms with Crippen LogP contribution in [-0.4, -0.2) is 13.1 Å². The van der Waals surface area contributed by atoms with E-state index in [4.69, 9.17) is 0 Å². The van der Waals surface area contributed by atoms with Gasteiger partial charge in [-0.2, -0.15) is 0 Å². The van der Waals surface area contributed by atoms with Gasteiger partial charge in [0.25, 0.3) is 0 Å². The number of hydrogen-bond acceptors (Lipinski definition) is 2. The van der Waals surface area contributed by atoms with Gasteiger partial charge >= 0.3 is 6.03 Å². The van der Waals surface area contributed by atoms with Crippen molar-refractivity contribution >= 4 is 24.5 Å². The summed E-state index contributed by atoms with van der Waals surface area (Å²) in [6, 6.07) is 5.66. The van der Waals surface area contributed by atoms with E-state index in [9.17, 15) is 4.79 Å². The van der Waals surface area contributed by atoms with E-state index in [-0.39, 0.29) is 6.03 Å². The van der Waals surface area contributed by atoms with Gasteiger partial charge in [0, 0.05) is 7.05 Å². The minimum Gasteiger partial charge on any atom is -0.340 e. The molecule has 0 saturated heterocycles. The minimum atomic E-state index is -0.227. The average Bonchev–Trinajstić information content (AvgIpc) is 2.27. The standard InChI is InChI=1S/C11H16N2OS/c1-4-9-6-5-7-10(8(9)2)13(15)11(14)12-3/h5-7,15H,4H2,1-3H3,(H,12,14). The molecule has 1 aromatic carbocycles. The largest absolute Gasteiger partial charge is 0.340 e. The van der Waals surface area contributed by atoms with Crippen molar-refractivity contribution in [2.45, 2.75) is 20.3 Å². The number of carbonyl (C=O) groups is 1. The molecular weight excluding hydrogens is 208 g/mol. The minimum absolute atomic E-state index is 0.227. The second kappa shape index (κ2) is 5.07. The van der Waals surface area contributed by atoms with Crippen LogP contribution in [-0.2, 0) is 6.42 Å². The number of aryl methyl sites for hydroxylation is 1. The van der Waals surface area contributed by atoms with Crippen molar-refractivity contribution in [2.75, 3.05) is 11.4 Å². The summed E-state index contributed by atoms with van der Waals surface area (Å²) in [5.74, 6) is 0. The number of hydrogen-bond donors (Lipinski definition) is 2. The van der Waals surface area contributed by atoms with Gasteiger partial charge in [-0.05, 0) is 30.5 Å². The molecule has 15 heavy (non-hydrogen) atoms. The topological polar surface area (TPSA) is 32.3 Å². The van der Waals surface area contributed by atoms with Crippen molar-refractivity contribution in [3.8, 4) is 0 Å². The first-order chi connectivity index (χ1) is 7.11. The number of thiol groups is 1. The second-order valence-corrected chi connectivity index (χ2v) is 3.68. The molecule has 0 heterocycles. The lowest BCUT2D eigenvalue weighted by Gasteiger charge is -2.18. The molecule has 2 amide bonds. The molecule has 0 aliphatic rings. The van der Waals surface area contributed by atoms with Crippen molar-refractivity contribution in [3.63, 3.8) is 0 Å². The van der Waals surface area contributed by atoms with E-state index in [0.29, 0.717) is 0 Å². The van der Waals surface area contributed by atoms with Crippen LogP contribution in [0.5, 0.6) is 0 Å². The Bertz CT molecular complexity index is 366. The van der Waals surface area contributed by atoms with Crippen molar-refractivity contribution in [1.82, 2.24) is 5.32 Å². The first-order valence-electron chi connectivity index (χ1n) is 4.91. The lowest BCUT2D eigenvalue weighted by Crippen LogP contribution is -2.31. The number of anilines is 1. The first-order valence-corrected chi connectivity index (χ1v) is 5.31. The summed E-state index contributed by atoms with van der Waals surface area (Å²) in [6.07, 6.45) is 0.953. The van der Waals surface area contributed by atoms with Gasteiger partial charge in [-0.15, -0.1) is 0 Å². The van der Waals surface area contributed by atoms with E-state index in [1.165, 1.54) is 9.87 Å². The fraction of sp³-hybridized carbons (Fsp3) is 0.364. The molecule has 0 bridgehead atoms. The fourth-order valence-corrected chi connectivity index (χ4v) is 1.81. The molecule has 0 atom stereocenters. The summed E-state index contributed by atoms with van der Waals surface area (Å²) in [6.45, 7) is 4.09. The van der Waals surface area contributed by atoms with Gasteiger partial charge in [0.2, 0.25) is 0 Å². The van der Waals surface area contributed by atoms with Crippen LogP contribution in [0, 0.1) is 6.92 Å². The number of urea groups is 1. The average molecular weight is 224 g/mol. The van der Waals surface area contributed by atoms with Crippen LogP contribution >= 0.6 is 12.8 Å². The summed E-state index contributed by atoms with van der Waals surface area (Å²) in [5, 5.41) is 2.54. The second-order valence-electron chi connectivity index (χ2n) is 3.28. The molecule has 1 rings (SSSR count). The van der Waals surface area contributed by atoms with Gasteiger partial charge in [0.1, 0.15) is 0 Å². The highest BCUT2D eigenvalue weighted by atomic mass is 32.1. The molecule has 0 unspecified atom stereocenters. The van der Waals surface area contributed by atoms with E-state index in [2.05, 4.69) is 31.1 Å². The zero-order valence-corrected chi connectivity index (χ0v) is 10.1. The van der Waals surface area contributed by atoms with Gasteiger partial charge in [-0.3, -0.25) is 0 Å². The van der Waals surface area contributed by atoms with Crippen molar-refractivity contribution in [1.29, 1.82) is 0 Å². The molecule has 0 aliphatic heterocycles. The van der Waals surface area contributed by atoms with Crippen LogP contribution in [0.3, 0.4) is 0 Å². The molecule has 1 aromatic rings. The Morgan fingerprint density at radius 1 is 1.53 bits per heavy atom. The van der Waals surface area contributed by atoms with E-state index in [0.717, 1.165) is 17.7 Å². The summed E-state index contributed by atoms with van der Waals surface area (Å²) < 4.78 is 1.33. The zero-order valence-electron chi connectivity index (χ0n) is 9.24. The number of carbonyl (C=O) groups excluding carboxylic acids is 1. The smallest absolute Gasteiger partial charge is 0.331 e. The van der Waals surface area contributed by atoms with Crippen LogP contribution in [0.15, 0.2) is 18.2 Å². The van der Waals surface area contributed by atoms with E-state index in [1.54, 1.807) is 7.05 Å². The third-order valence-corrected chi connectivity index (χ3v) is 2.83. The van der Waals surface area contributed by atoms with Gasteiger partial charge in [0.05, 0.1) is 5.69 Å². The predicted molar refractivity (Wildman–Crippen MR) is 66.5 cm³/mol. The van der Waals surface area contributed by atoms with Crippen LogP contribution in [0.2, 0.25) is 0 Å². The predicted octanol–water partition coefficient (Wildman–Crippen LogP) is 2.55. The Morgan fingerprint density at radius 2 is 2.20 bits per heavy atom. The molecule has 0 saturated carbocycles. The quantitative estimate of drug-likeness (QED) is 0.743. The van der Waals surface area contributed by atoms with Gasteiger partial charge in [-0.1, -0.05) is 31.9 Å². The van der Waals surface area contributed by atoms with E-state index >= 15 is 0 Å². The SMILES string of the molecule is CCc1cccc(N(S)C(=O)NC)c1C. The highest BCUT2D eigenvalue weighted by Crippen LogP contribution is 2.24. The van der Waals surface area contributed by atoms with Crippen LogP contribution in [0.4, 0.5) is 10.5 Å². The summed E-state index contributed by atoms with van der Waals surface area (Å²) in [7, 11) is 1.59. The Labute approximate surface area is 96.0 Å². The number of benzene rings is 1. The lowest BCUT2D eigenvalue weighted by molar-refractivity contribution is 0.252. The summed E-state index contributed by atoms with van der Waals surface area (Å²) in [5.41, 5.74) is 3.16. The molecule has 0 aromatic heterocycles. The summed E-state index contributed by atoms with van der Waals surface area (Å²) >= 11 is 4.17. The number of nitrogens with one attached hydrogen (secondary N) is 1. The van der Waals surface area contributed by atoms with E-state index in [1.807, 2.05) is 19.1 Å². The number of rotatable bonds is 2. The Balaban J connectivity index is 3.09. The first kappa shape index (κ1) is 11.9. The van der Waals surface area contributed by atoms with Crippen molar-refractivity contribution in [2.24, 2.45) is 0 Å². The van der Waals surface area contributed by atoms with Crippen LogP contribution in [0.1, 0.15) is 18.1 Å². The Morgan fingerprint density at radius 3 is 2.73 bits per heavy atom. The van der Waals surface area contributed by atoms with Gasteiger partial charge in [-0.25, -0.2) is 9.10 Å². The highest BCUT2D eigenvalue weighted by Gasteiger charge is 2.13. The molecule has 0 aliphatic carbocycles. The van der Waals surface area contributed by atoms with Gasteiger partial charge in [0.15, 0.2) is 0 Å². The molecule has 3 nitrogen and oxygen atoms in total. The Kier molecular flexibility index (Phi) is 4.03. The zero-order chi connectivity index (χ0) is 11.4. The maximum absolute atomic E-state index is 11.4. The van der Waals surface area contributed by atoms with Crippen LogP contribution in [0.25, 0.3) is 0 Å². The Hall–Kier alpha value is -1.16.